The van der Waals surface area contributed by atoms with Crippen LogP contribution in [-0.2, 0) is 9.53 Å². The summed E-state index contributed by atoms with van der Waals surface area (Å²) in [5, 5.41) is 0. The highest BCUT2D eigenvalue weighted by Crippen LogP contribution is 2.22. The van der Waals surface area contributed by atoms with Crippen LogP contribution in [0.5, 0.6) is 0 Å². The molecule has 27 heavy (non-hydrogen) atoms. The van der Waals surface area contributed by atoms with Gasteiger partial charge in [0.25, 0.3) is 5.91 Å². The van der Waals surface area contributed by atoms with E-state index in [4.69, 9.17) is 4.74 Å². The molecule has 2 fully saturated rings. The van der Waals surface area contributed by atoms with Crippen LogP contribution in [0.1, 0.15) is 23.3 Å². The van der Waals surface area contributed by atoms with Gasteiger partial charge in [0.05, 0.1) is 25.7 Å². The fourth-order valence-corrected chi connectivity index (χ4v) is 3.78. The van der Waals surface area contributed by atoms with Crippen molar-refractivity contribution in [1.29, 1.82) is 0 Å². The smallest absolute Gasteiger partial charge is 0.272 e. The normalized spacial score (nSPS) is 18.5. The predicted molar refractivity (Wildman–Crippen MR) is 99.6 cm³/mol. The van der Waals surface area contributed by atoms with E-state index in [1.54, 1.807) is 12.5 Å². The molecule has 7 heteroatoms. The number of ether oxygens (including phenoxy) is 1. The highest BCUT2D eigenvalue weighted by molar-refractivity contribution is 5.93. The number of carbonyl (C=O) groups excluding carboxylic acids is 2. The van der Waals surface area contributed by atoms with Crippen molar-refractivity contribution in [2.75, 3.05) is 39.4 Å². The average molecular weight is 368 g/mol. The molecule has 0 saturated carbocycles. The molecule has 0 aliphatic carbocycles. The molecule has 2 aliphatic heterocycles. The first-order chi connectivity index (χ1) is 13.2. The topological polar surface area (TPSA) is 67.7 Å². The number of amides is 2. The fraction of sp³-hybridized carbons (Fsp3) is 0.450. The minimum atomic E-state index is -0.0337. The van der Waals surface area contributed by atoms with Crippen LogP contribution >= 0.6 is 0 Å². The summed E-state index contributed by atoms with van der Waals surface area (Å²) >= 11 is 0. The lowest BCUT2D eigenvalue weighted by molar-refractivity contribution is -0.141. The molecule has 7 nitrogen and oxygen atoms in total. The van der Waals surface area contributed by atoms with Gasteiger partial charge in [0.1, 0.15) is 5.69 Å². The number of benzene rings is 1. The van der Waals surface area contributed by atoms with E-state index in [0.717, 1.165) is 5.69 Å². The van der Waals surface area contributed by atoms with E-state index in [9.17, 15) is 9.59 Å². The van der Waals surface area contributed by atoms with Gasteiger partial charge in [-0.3, -0.25) is 14.2 Å². The highest BCUT2D eigenvalue weighted by atomic mass is 16.5. The SMILES string of the molecule is O=C(c1cncn1-c1ccccc1)N1CCC(C(=O)N2CCOCC2)CC1. The summed E-state index contributed by atoms with van der Waals surface area (Å²) in [7, 11) is 0. The van der Waals surface area contributed by atoms with Crippen LogP contribution in [0.4, 0.5) is 0 Å². The molecule has 0 bridgehead atoms. The van der Waals surface area contributed by atoms with Crippen molar-refractivity contribution in [1.82, 2.24) is 19.4 Å². The zero-order chi connectivity index (χ0) is 18.6. The largest absolute Gasteiger partial charge is 0.378 e. The molecule has 0 radical (unpaired) electrons. The Morgan fingerprint density at radius 2 is 1.67 bits per heavy atom. The number of hydrogen-bond acceptors (Lipinski definition) is 4. The summed E-state index contributed by atoms with van der Waals surface area (Å²) in [6.07, 6.45) is 4.69. The molecule has 0 unspecified atom stereocenters. The third-order valence-corrected chi connectivity index (χ3v) is 5.35. The summed E-state index contributed by atoms with van der Waals surface area (Å²) in [5.41, 5.74) is 1.47. The van der Waals surface area contributed by atoms with Crippen LogP contribution < -0.4 is 0 Å². The first-order valence-corrected chi connectivity index (χ1v) is 9.47. The van der Waals surface area contributed by atoms with E-state index < -0.39 is 0 Å². The van der Waals surface area contributed by atoms with Gasteiger partial charge >= 0.3 is 0 Å². The van der Waals surface area contributed by atoms with Gasteiger partial charge in [-0.2, -0.15) is 0 Å². The van der Waals surface area contributed by atoms with Crippen molar-refractivity contribution in [2.45, 2.75) is 12.8 Å². The van der Waals surface area contributed by atoms with Crippen LogP contribution in [0, 0.1) is 5.92 Å². The maximum absolute atomic E-state index is 13.0. The molecule has 4 rings (SSSR count). The zero-order valence-corrected chi connectivity index (χ0v) is 15.3. The number of hydrogen-bond donors (Lipinski definition) is 0. The number of para-hydroxylation sites is 1. The minimum absolute atomic E-state index is 0.00573. The standard InChI is InChI=1S/C20H24N4O3/c25-19(23-10-12-27-13-11-23)16-6-8-22(9-7-16)20(26)18-14-21-15-24(18)17-4-2-1-3-5-17/h1-5,14-16H,6-13H2. The van der Waals surface area contributed by atoms with Crippen molar-refractivity contribution >= 4 is 11.8 Å². The number of rotatable bonds is 3. The van der Waals surface area contributed by atoms with Gasteiger partial charge in [-0.05, 0) is 25.0 Å². The Morgan fingerprint density at radius 3 is 2.37 bits per heavy atom. The van der Waals surface area contributed by atoms with Gasteiger partial charge < -0.3 is 14.5 Å². The monoisotopic (exact) mass is 368 g/mol. The first-order valence-electron chi connectivity index (χ1n) is 9.47. The van der Waals surface area contributed by atoms with Crippen LogP contribution in [0.25, 0.3) is 5.69 Å². The van der Waals surface area contributed by atoms with Crippen molar-refractivity contribution in [2.24, 2.45) is 5.92 Å². The molecule has 1 aromatic heterocycles. The van der Waals surface area contributed by atoms with Gasteiger partial charge in [-0.25, -0.2) is 4.98 Å². The van der Waals surface area contributed by atoms with E-state index >= 15 is 0 Å². The summed E-state index contributed by atoms with van der Waals surface area (Å²) < 4.78 is 7.13. The van der Waals surface area contributed by atoms with Crippen molar-refractivity contribution in [3.05, 3.63) is 48.5 Å². The molecule has 2 aliphatic rings. The van der Waals surface area contributed by atoms with Crippen molar-refractivity contribution in [3.63, 3.8) is 0 Å². The lowest BCUT2D eigenvalue weighted by Gasteiger charge is -2.35. The second-order valence-corrected chi connectivity index (χ2v) is 6.99. The Bertz CT molecular complexity index is 791. The van der Waals surface area contributed by atoms with E-state index in [1.165, 1.54) is 0 Å². The summed E-state index contributed by atoms with van der Waals surface area (Å²) in [4.78, 5) is 33.5. The second-order valence-electron chi connectivity index (χ2n) is 6.99. The van der Waals surface area contributed by atoms with E-state index in [-0.39, 0.29) is 17.7 Å². The predicted octanol–water partition coefficient (Wildman–Crippen LogP) is 1.58. The number of carbonyl (C=O) groups is 2. The highest BCUT2D eigenvalue weighted by Gasteiger charge is 2.32. The van der Waals surface area contributed by atoms with Gasteiger partial charge in [0, 0.05) is 37.8 Å². The Hall–Kier alpha value is -2.67. The van der Waals surface area contributed by atoms with Gasteiger partial charge in [-0.15, -0.1) is 0 Å². The Morgan fingerprint density at radius 1 is 0.963 bits per heavy atom. The second kappa shape index (κ2) is 7.92. The number of aromatic nitrogens is 2. The van der Waals surface area contributed by atoms with E-state index in [0.29, 0.717) is 57.9 Å². The van der Waals surface area contributed by atoms with Gasteiger partial charge in [0.2, 0.25) is 5.91 Å². The number of likely N-dealkylation sites (tertiary alicyclic amines) is 1. The first kappa shape index (κ1) is 17.7. The van der Waals surface area contributed by atoms with Crippen molar-refractivity contribution < 1.29 is 14.3 Å². The molecule has 0 atom stereocenters. The quantitative estimate of drug-likeness (QED) is 0.825. The molecular formula is C20H24N4O3. The summed E-state index contributed by atoms with van der Waals surface area (Å²) in [6.45, 7) is 3.78. The Labute approximate surface area is 158 Å². The van der Waals surface area contributed by atoms with Gasteiger partial charge in [0.15, 0.2) is 0 Å². The average Bonchev–Trinajstić information content (AvgIpc) is 3.24. The lowest BCUT2D eigenvalue weighted by atomic mass is 9.95. The van der Waals surface area contributed by atoms with E-state index in [2.05, 4.69) is 4.98 Å². The number of morpholine rings is 1. The minimum Gasteiger partial charge on any atom is -0.378 e. The van der Waals surface area contributed by atoms with Crippen LogP contribution in [0.15, 0.2) is 42.9 Å². The molecule has 2 amide bonds. The summed E-state index contributed by atoms with van der Waals surface area (Å²) in [6, 6.07) is 9.72. The van der Waals surface area contributed by atoms with E-state index in [1.807, 2.05) is 44.7 Å². The number of piperidine rings is 1. The van der Waals surface area contributed by atoms with Crippen LogP contribution in [0.2, 0.25) is 0 Å². The zero-order valence-electron chi connectivity index (χ0n) is 15.3. The number of nitrogens with zero attached hydrogens (tertiary/aromatic N) is 4. The molecule has 1 aromatic carbocycles. The third kappa shape index (κ3) is 3.73. The van der Waals surface area contributed by atoms with Crippen LogP contribution in [0.3, 0.4) is 0 Å². The molecule has 142 valence electrons. The molecule has 3 heterocycles. The maximum Gasteiger partial charge on any atom is 0.272 e. The maximum atomic E-state index is 13.0. The molecule has 2 aromatic rings. The third-order valence-electron chi connectivity index (χ3n) is 5.35. The summed E-state index contributed by atoms with van der Waals surface area (Å²) in [5.74, 6) is 0.180. The Balaban J connectivity index is 1.40. The Kier molecular flexibility index (Phi) is 5.20. The molecule has 0 spiro atoms. The molecule has 2 saturated heterocycles. The molecular weight excluding hydrogens is 344 g/mol. The number of imidazole rings is 1. The lowest BCUT2D eigenvalue weighted by Crippen LogP contribution is -2.47. The van der Waals surface area contributed by atoms with Gasteiger partial charge in [-0.1, -0.05) is 18.2 Å². The fourth-order valence-electron chi connectivity index (χ4n) is 3.78. The van der Waals surface area contributed by atoms with Crippen LogP contribution in [-0.4, -0.2) is 70.6 Å². The molecule has 0 N–H and O–H groups in total. The van der Waals surface area contributed by atoms with Crippen molar-refractivity contribution in [3.8, 4) is 5.69 Å².